The first-order valence-electron chi connectivity index (χ1n) is 7.24. The summed E-state index contributed by atoms with van der Waals surface area (Å²) in [6, 6.07) is 3.45. The van der Waals surface area contributed by atoms with Gasteiger partial charge in [-0.15, -0.1) is 12.3 Å². The summed E-state index contributed by atoms with van der Waals surface area (Å²) in [5.74, 6) is 3.59. The first-order valence-corrected chi connectivity index (χ1v) is 9.19. The van der Waals surface area contributed by atoms with Crippen LogP contribution in [-0.4, -0.2) is 19.5 Å². The molecule has 0 spiro atoms. The van der Waals surface area contributed by atoms with Crippen LogP contribution in [-0.2, 0) is 6.54 Å². The van der Waals surface area contributed by atoms with Crippen LogP contribution in [0.25, 0.3) is 11.5 Å². The molecule has 0 fully saturated rings. The van der Waals surface area contributed by atoms with Crippen molar-refractivity contribution in [3.05, 3.63) is 33.5 Å². The molecule has 2 aliphatic rings. The number of aryl methyl sites for hydroxylation is 1. The van der Waals surface area contributed by atoms with Crippen molar-refractivity contribution >= 4 is 52.4 Å². The van der Waals surface area contributed by atoms with Gasteiger partial charge in [0.05, 0.1) is 21.4 Å². The molecule has 0 amide bonds. The lowest BCUT2D eigenvalue weighted by Gasteiger charge is -2.09. The number of unbranched alkanes of at least 4 members (excludes halogenated alkanes) is 1. The van der Waals surface area contributed by atoms with Crippen LogP contribution in [0.4, 0.5) is 5.82 Å². The second-order valence-corrected chi connectivity index (χ2v) is 7.26. The van der Waals surface area contributed by atoms with Gasteiger partial charge in [0, 0.05) is 17.9 Å². The molecule has 3 rings (SSSR count). The van der Waals surface area contributed by atoms with Crippen LogP contribution in [0.2, 0.25) is 15.1 Å². The predicted octanol–water partition coefficient (Wildman–Crippen LogP) is 4.88. The van der Waals surface area contributed by atoms with Crippen molar-refractivity contribution in [3.8, 4) is 23.9 Å². The molecular formula is C16H12Cl3N5S. The number of rotatable bonds is 5. The Morgan fingerprint density at radius 3 is 2.76 bits per heavy atom. The van der Waals surface area contributed by atoms with Gasteiger partial charge in [-0.1, -0.05) is 34.8 Å². The number of halogens is 3. The number of hydrogen-bond acceptors (Lipinski definition) is 5. The third-order valence-electron chi connectivity index (χ3n) is 3.39. The molecule has 1 aromatic rings. The average Bonchev–Trinajstić information content (AvgIpc) is 3.02. The standard InChI is InChI=1S/C16H12Cl3N5S/c1-2-3-4-7-24-8-21-14(20)13-15(24)23-16(22-13)25-10-6-5-9(17)11(18)12(10)19/h1,5-6,8H,3-4,7,20H2. The molecule has 2 N–H and O–H groups in total. The predicted molar refractivity (Wildman–Crippen MR) is 103 cm³/mol. The molecule has 0 radical (unpaired) electrons. The smallest absolute Gasteiger partial charge is 0.195 e. The van der Waals surface area contributed by atoms with Crippen molar-refractivity contribution in [1.82, 2.24) is 19.5 Å². The van der Waals surface area contributed by atoms with Gasteiger partial charge in [-0.3, -0.25) is 0 Å². The van der Waals surface area contributed by atoms with Crippen molar-refractivity contribution in [2.24, 2.45) is 0 Å². The van der Waals surface area contributed by atoms with Crippen molar-refractivity contribution < 1.29 is 0 Å². The van der Waals surface area contributed by atoms with Gasteiger partial charge in [0.25, 0.3) is 0 Å². The average molecular weight is 413 g/mol. The van der Waals surface area contributed by atoms with E-state index in [0.717, 1.165) is 6.42 Å². The summed E-state index contributed by atoms with van der Waals surface area (Å²) < 4.78 is 1.89. The van der Waals surface area contributed by atoms with E-state index in [1.165, 1.54) is 11.8 Å². The second-order valence-electron chi connectivity index (χ2n) is 5.08. The van der Waals surface area contributed by atoms with E-state index < -0.39 is 0 Å². The molecule has 0 saturated carbocycles. The Morgan fingerprint density at radius 2 is 2.00 bits per heavy atom. The van der Waals surface area contributed by atoms with E-state index in [0.29, 0.717) is 55.4 Å². The van der Waals surface area contributed by atoms with E-state index in [1.807, 2.05) is 4.57 Å². The van der Waals surface area contributed by atoms with Gasteiger partial charge in [-0.2, -0.15) is 0 Å². The highest BCUT2D eigenvalue weighted by atomic mass is 35.5. The van der Waals surface area contributed by atoms with Gasteiger partial charge in [0.2, 0.25) is 0 Å². The molecule has 1 aromatic carbocycles. The Bertz CT molecular complexity index is 934. The van der Waals surface area contributed by atoms with Crippen LogP contribution < -0.4 is 5.73 Å². The molecule has 0 saturated heterocycles. The van der Waals surface area contributed by atoms with Gasteiger partial charge in [0.15, 0.2) is 22.5 Å². The van der Waals surface area contributed by atoms with E-state index in [4.69, 9.17) is 47.0 Å². The minimum atomic E-state index is 0.301. The Labute approximate surface area is 164 Å². The molecule has 5 nitrogen and oxygen atoms in total. The first-order chi connectivity index (χ1) is 12.0. The molecule has 2 heterocycles. The highest BCUT2D eigenvalue weighted by Crippen LogP contribution is 2.40. The fourth-order valence-corrected chi connectivity index (χ4v) is 3.68. The fourth-order valence-electron chi connectivity index (χ4n) is 2.18. The molecule has 2 aliphatic heterocycles. The lowest BCUT2D eigenvalue weighted by Crippen LogP contribution is -2.08. The fraction of sp³-hybridized carbons (Fsp3) is 0.188. The van der Waals surface area contributed by atoms with Crippen LogP contribution in [0.15, 0.2) is 28.5 Å². The zero-order chi connectivity index (χ0) is 18.0. The quantitative estimate of drug-likeness (QED) is 0.367. The van der Waals surface area contributed by atoms with E-state index in [9.17, 15) is 0 Å². The maximum absolute atomic E-state index is 6.24. The van der Waals surface area contributed by atoms with Crippen molar-refractivity contribution in [2.45, 2.75) is 29.4 Å². The maximum atomic E-state index is 6.24. The Balaban J connectivity index is 1.94. The van der Waals surface area contributed by atoms with Gasteiger partial charge < -0.3 is 10.3 Å². The zero-order valence-electron chi connectivity index (χ0n) is 12.8. The van der Waals surface area contributed by atoms with Crippen molar-refractivity contribution in [2.75, 3.05) is 5.73 Å². The van der Waals surface area contributed by atoms with Gasteiger partial charge in [0.1, 0.15) is 0 Å². The number of fused-ring (bicyclic) bond motifs is 1. The largest absolute Gasteiger partial charge is 0.382 e. The van der Waals surface area contributed by atoms with Gasteiger partial charge >= 0.3 is 0 Å². The van der Waals surface area contributed by atoms with Crippen LogP contribution in [0.3, 0.4) is 0 Å². The Kier molecular flexibility index (Phi) is 5.60. The van der Waals surface area contributed by atoms with Crippen LogP contribution in [0.5, 0.6) is 0 Å². The number of anilines is 1. The molecule has 0 aliphatic carbocycles. The minimum absolute atomic E-state index is 0.301. The van der Waals surface area contributed by atoms with E-state index in [1.54, 1.807) is 18.5 Å². The Hall–Kier alpha value is -1.65. The minimum Gasteiger partial charge on any atom is -0.382 e. The monoisotopic (exact) mass is 411 g/mol. The van der Waals surface area contributed by atoms with Gasteiger partial charge in [-0.25, -0.2) is 15.0 Å². The maximum Gasteiger partial charge on any atom is 0.195 e. The zero-order valence-corrected chi connectivity index (χ0v) is 15.9. The Morgan fingerprint density at radius 1 is 1.20 bits per heavy atom. The SMILES string of the molecule is C#CCCCn1cnc(N)c2nc(Sc3ccc(Cl)c(Cl)c3Cl)nc1-2. The first kappa shape index (κ1) is 18.2. The molecule has 25 heavy (non-hydrogen) atoms. The highest BCUT2D eigenvalue weighted by molar-refractivity contribution is 7.99. The molecule has 9 heteroatoms. The number of nitrogens with zero attached hydrogens (tertiary/aromatic N) is 4. The lowest BCUT2D eigenvalue weighted by atomic mass is 10.3. The van der Waals surface area contributed by atoms with E-state index in [2.05, 4.69) is 20.9 Å². The number of terminal acetylenes is 1. The van der Waals surface area contributed by atoms with E-state index >= 15 is 0 Å². The summed E-state index contributed by atoms with van der Waals surface area (Å²) in [6.45, 7) is 0.685. The van der Waals surface area contributed by atoms with Crippen LogP contribution >= 0.6 is 46.6 Å². The normalized spacial score (nSPS) is 11.0. The van der Waals surface area contributed by atoms with Crippen LogP contribution in [0, 0.1) is 12.3 Å². The molecule has 0 atom stereocenters. The summed E-state index contributed by atoms with van der Waals surface area (Å²) in [5.41, 5.74) is 6.47. The number of nitrogen functional groups attached to an aromatic ring is 1. The van der Waals surface area contributed by atoms with Gasteiger partial charge in [-0.05, 0) is 30.3 Å². The third kappa shape index (κ3) is 3.80. The third-order valence-corrected chi connectivity index (χ3v) is 5.72. The van der Waals surface area contributed by atoms with E-state index in [-0.39, 0.29) is 0 Å². The molecule has 0 aromatic heterocycles. The molecular weight excluding hydrogens is 401 g/mol. The number of imidazole rings is 1. The highest BCUT2D eigenvalue weighted by Gasteiger charge is 2.20. The molecule has 0 unspecified atom stereocenters. The summed E-state index contributed by atoms with van der Waals surface area (Å²) >= 11 is 19.6. The number of hydrogen-bond donors (Lipinski definition) is 1. The summed E-state index contributed by atoms with van der Waals surface area (Å²) in [5, 5.41) is 1.56. The second kappa shape index (κ2) is 7.71. The van der Waals surface area contributed by atoms with Crippen molar-refractivity contribution in [1.29, 1.82) is 0 Å². The van der Waals surface area contributed by atoms with Crippen LogP contribution in [0.1, 0.15) is 12.8 Å². The number of aromatic nitrogens is 4. The summed E-state index contributed by atoms with van der Waals surface area (Å²) in [6.07, 6.45) is 8.43. The number of nitrogens with two attached hydrogens (primary N) is 1. The topological polar surface area (TPSA) is 69.6 Å². The summed E-state index contributed by atoms with van der Waals surface area (Å²) in [7, 11) is 0. The summed E-state index contributed by atoms with van der Waals surface area (Å²) in [4.78, 5) is 13.9. The van der Waals surface area contributed by atoms with Crippen molar-refractivity contribution in [3.63, 3.8) is 0 Å². The lowest BCUT2D eigenvalue weighted by molar-refractivity contribution is 0.638. The molecule has 0 bridgehead atoms. The number of benzene rings is 1. The molecule has 128 valence electrons.